The van der Waals surface area contributed by atoms with Crippen molar-refractivity contribution in [1.82, 2.24) is 19.3 Å². The van der Waals surface area contributed by atoms with Crippen LogP contribution in [0.3, 0.4) is 0 Å². The van der Waals surface area contributed by atoms with Crippen LogP contribution in [0, 0.1) is 0 Å². The zero-order chi connectivity index (χ0) is 15.9. The third kappa shape index (κ3) is 2.51. The number of fused-ring (bicyclic) bond motifs is 1. The standard InChI is InChI=1S/C14H15BrN6O/c1-20-7-9(5-16)12(19-20)18-14(22)11-4-8-3-10(15)6-17-13(8)21(11)2/h3-4,6-7H,5,16H2,1-2H3,(H,18,19,22). The lowest BCUT2D eigenvalue weighted by Crippen LogP contribution is -2.17. The quantitative estimate of drug-likeness (QED) is 0.742. The van der Waals surface area contributed by atoms with Gasteiger partial charge in [0.15, 0.2) is 5.82 Å². The smallest absolute Gasteiger partial charge is 0.273 e. The highest BCUT2D eigenvalue weighted by Gasteiger charge is 2.17. The highest BCUT2D eigenvalue weighted by Crippen LogP contribution is 2.21. The molecule has 7 nitrogen and oxygen atoms in total. The summed E-state index contributed by atoms with van der Waals surface area (Å²) < 4.78 is 4.24. The summed E-state index contributed by atoms with van der Waals surface area (Å²) in [5.74, 6) is 0.236. The largest absolute Gasteiger partial charge is 0.326 e. The molecule has 0 radical (unpaired) electrons. The Kier molecular flexibility index (Phi) is 3.71. The highest BCUT2D eigenvalue weighted by molar-refractivity contribution is 9.10. The van der Waals surface area contributed by atoms with Crippen LogP contribution in [0.25, 0.3) is 11.0 Å². The normalized spacial score (nSPS) is 11.1. The van der Waals surface area contributed by atoms with Crippen molar-refractivity contribution in [2.75, 3.05) is 5.32 Å². The molecule has 0 spiro atoms. The molecule has 1 amide bonds. The second-order valence-electron chi connectivity index (χ2n) is 4.99. The number of rotatable bonds is 3. The van der Waals surface area contributed by atoms with Crippen LogP contribution in [0.15, 0.2) is 29.0 Å². The molecule has 114 valence electrons. The highest BCUT2D eigenvalue weighted by atomic mass is 79.9. The van der Waals surface area contributed by atoms with Crippen LogP contribution in [0.1, 0.15) is 16.1 Å². The van der Waals surface area contributed by atoms with Crippen molar-refractivity contribution < 1.29 is 4.79 Å². The molecule has 0 saturated heterocycles. The number of carbonyl (C=O) groups is 1. The first kappa shape index (κ1) is 14.7. The first-order valence-electron chi connectivity index (χ1n) is 6.64. The number of aryl methyl sites for hydroxylation is 2. The van der Waals surface area contributed by atoms with Crippen molar-refractivity contribution in [2.24, 2.45) is 19.8 Å². The predicted molar refractivity (Wildman–Crippen MR) is 87.5 cm³/mol. The second-order valence-corrected chi connectivity index (χ2v) is 5.91. The maximum Gasteiger partial charge on any atom is 0.273 e. The predicted octanol–water partition coefficient (Wildman–Crippen LogP) is 1.78. The maximum absolute atomic E-state index is 12.5. The van der Waals surface area contributed by atoms with E-state index in [1.54, 1.807) is 41.8 Å². The van der Waals surface area contributed by atoms with E-state index in [0.29, 0.717) is 18.1 Å². The van der Waals surface area contributed by atoms with Crippen LogP contribution in [-0.2, 0) is 20.6 Å². The summed E-state index contributed by atoms with van der Waals surface area (Å²) in [6.45, 7) is 0.313. The van der Waals surface area contributed by atoms with Crippen LogP contribution in [0.2, 0.25) is 0 Å². The van der Waals surface area contributed by atoms with Crippen LogP contribution >= 0.6 is 15.9 Å². The van der Waals surface area contributed by atoms with Gasteiger partial charge in [-0.05, 0) is 28.1 Å². The van der Waals surface area contributed by atoms with E-state index in [9.17, 15) is 4.79 Å². The van der Waals surface area contributed by atoms with E-state index in [1.165, 1.54) is 0 Å². The van der Waals surface area contributed by atoms with E-state index in [4.69, 9.17) is 5.73 Å². The van der Waals surface area contributed by atoms with Crippen LogP contribution in [-0.4, -0.2) is 25.2 Å². The lowest BCUT2D eigenvalue weighted by atomic mass is 10.3. The zero-order valence-corrected chi connectivity index (χ0v) is 13.8. The van der Waals surface area contributed by atoms with Gasteiger partial charge in [0, 0.05) is 48.5 Å². The zero-order valence-electron chi connectivity index (χ0n) is 12.2. The van der Waals surface area contributed by atoms with Gasteiger partial charge in [0.2, 0.25) is 0 Å². The number of anilines is 1. The number of halogens is 1. The summed E-state index contributed by atoms with van der Waals surface area (Å²) >= 11 is 3.38. The summed E-state index contributed by atoms with van der Waals surface area (Å²) in [6.07, 6.45) is 3.49. The van der Waals surface area contributed by atoms with Crippen LogP contribution in [0.5, 0.6) is 0 Å². The van der Waals surface area contributed by atoms with E-state index < -0.39 is 0 Å². The Hall–Kier alpha value is -2.19. The fourth-order valence-corrected chi connectivity index (χ4v) is 2.72. The lowest BCUT2D eigenvalue weighted by Gasteiger charge is -2.05. The van der Waals surface area contributed by atoms with Gasteiger partial charge in [-0.25, -0.2) is 4.98 Å². The van der Waals surface area contributed by atoms with Gasteiger partial charge >= 0.3 is 0 Å². The molecule has 22 heavy (non-hydrogen) atoms. The van der Waals surface area contributed by atoms with E-state index in [0.717, 1.165) is 21.1 Å². The third-order valence-corrected chi connectivity index (χ3v) is 3.86. The third-order valence-electron chi connectivity index (χ3n) is 3.42. The molecule has 0 aliphatic heterocycles. The van der Waals surface area contributed by atoms with Gasteiger partial charge in [0.1, 0.15) is 11.3 Å². The minimum absolute atomic E-state index is 0.245. The van der Waals surface area contributed by atoms with Gasteiger partial charge in [-0.1, -0.05) is 0 Å². The Morgan fingerprint density at radius 3 is 2.91 bits per heavy atom. The second kappa shape index (κ2) is 5.54. The summed E-state index contributed by atoms with van der Waals surface area (Å²) in [5, 5.41) is 7.91. The van der Waals surface area contributed by atoms with Crippen LogP contribution in [0.4, 0.5) is 5.82 Å². The van der Waals surface area contributed by atoms with E-state index in [2.05, 4.69) is 31.3 Å². The monoisotopic (exact) mass is 362 g/mol. The molecule has 0 aromatic carbocycles. The molecule has 3 aromatic rings. The molecule has 3 N–H and O–H groups in total. The van der Waals surface area contributed by atoms with Crippen molar-refractivity contribution in [2.45, 2.75) is 6.54 Å². The fraction of sp³-hybridized carbons (Fsp3) is 0.214. The summed E-state index contributed by atoms with van der Waals surface area (Å²) in [5.41, 5.74) is 7.70. The topological polar surface area (TPSA) is 90.8 Å². The number of hydrogen-bond donors (Lipinski definition) is 2. The Morgan fingerprint density at radius 1 is 1.41 bits per heavy atom. The van der Waals surface area contributed by atoms with Gasteiger partial charge < -0.3 is 15.6 Å². The van der Waals surface area contributed by atoms with Gasteiger partial charge in [-0.2, -0.15) is 5.10 Å². The van der Waals surface area contributed by atoms with Gasteiger partial charge in [-0.3, -0.25) is 9.48 Å². The summed E-state index contributed by atoms with van der Waals surface area (Å²) in [6, 6.07) is 3.72. The SMILES string of the molecule is Cn1cc(CN)c(NC(=O)c2cc3cc(Br)cnc3n2C)n1. The lowest BCUT2D eigenvalue weighted by molar-refractivity contribution is 0.101. The number of nitrogens with zero attached hydrogens (tertiary/aromatic N) is 4. The van der Waals surface area contributed by atoms with Gasteiger partial charge in [-0.15, -0.1) is 0 Å². The number of aromatic nitrogens is 4. The summed E-state index contributed by atoms with van der Waals surface area (Å²) in [4.78, 5) is 16.8. The number of nitrogens with one attached hydrogen (secondary N) is 1. The molecular formula is C14H15BrN6O. The molecule has 0 atom stereocenters. The molecule has 0 saturated carbocycles. The average molecular weight is 363 g/mol. The Labute approximate surface area is 135 Å². The van der Waals surface area contributed by atoms with E-state index in [-0.39, 0.29) is 5.91 Å². The number of nitrogens with two attached hydrogens (primary N) is 1. The molecule has 3 heterocycles. The average Bonchev–Trinajstić information content (AvgIpc) is 2.99. The number of pyridine rings is 1. The van der Waals surface area contributed by atoms with Crippen molar-refractivity contribution in [3.05, 3.63) is 40.3 Å². The number of amides is 1. The minimum atomic E-state index is -0.245. The molecular weight excluding hydrogens is 348 g/mol. The Balaban J connectivity index is 1.96. The van der Waals surface area contributed by atoms with Crippen LogP contribution < -0.4 is 11.1 Å². The maximum atomic E-state index is 12.5. The van der Waals surface area contributed by atoms with Crippen molar-refractivity contribution >= 4 is 38.7 Å². The Bertz CT molecular complexity index is 866. The van der Waals surface area contributed by atoms with E-state index in [1.807, 2.05) is 6.07 Å². The first-order chi connectivity index (χ1) is 10.5. The molecule has 0 aliphatic rings. The first-order valence-corrected chi connectivity index (χ1v) is 7.44. The van der Waals surface area contributed by atoms with Gasteiger partial charge in [0.05, 0.1) is 0 Å². The van der Waals surface area contributed by atoms with Gasteiger partial charge in [0.25, 0.3) is 5.91 Å². The summed E-state index contributed by atoms with van der Waals surface area (Å²) in [7, 11) is 3.59. The molecule has 3 rings (SSSR count). The van der Waals surface area contributed by atoms with Crippen molar-refractivity contribution in [3.8, 4) is 0 Å². The fourth-order valence-electron chi connectivity index (χ4n) is 2.37. The molecule has 0 aliphatic carbocycles. The van der Waals surface area contributed by atoms with Crippen molar-refractivity contribution in [1.29, 1.82) is 0 Å². The van der Waals surface area contributed by atoms with E-state index >= 15 is 0 Å². The number of hydrogen-bond acceptors (Lipinski definition) is 4. The molecule has 3 aromatic heterocycles. The molecule has 8 heteroatoms. The Morgan fingerprint density at radius 2 is 2.18 bits per heavy atom. The molecule has 0 unspecified atom stereocenters. The molecule has 0 fully saturated rings. The molecule has 0 bridgehead atoms. The minimum Gasteiger partial charge on any atom is -0.326 e. The number of carbonyl (C=O) groups excluding carboxylic acids is 1. The van der Waals surface area contributed by atoms with Crippen molar-refractivity contribution in [3.63, 3.8) is 0 Å².